The lowest BCUT2D eigenvalue weighted by Gasteiger charge is -2.45. The summed E-state index contributed by atoms with van der Waals surface area (Å²) < 4.78 is 17.0. The molecule has 0 spiro atoms. The average Bonchev–Trinajstić information content (AvgIpc) is 2.63. The summed E-state index contributed by atoms with van der Waals surface area (Å²) in [6, 6.07) is 1.55. The van der Waals surface area contributed by atoms with Crippen molar-refractivity contribution < 1.29 is 14.1 Å². The van der Waals surface area contributed by atoms with Crippen LogP contribution in [-0.4, -0.2) is 82.8 Å². The Hall–Kier alpha value is 0.250. The Kier molecular flexibility index (Phi) is 13.6. The van der Waals surface area contributed by atoms with Gasteiger partial charge in [0.15, 0.2) is 20.4 Å². The lowest BCUT2D eigenvalue weighted by Crippen LogP contribution is -2.43. The van der Waals surface area contributed by atoms with Crippen molar-refractivity contribution in [2.75, 3.05) is 39.3 Å². The number of carbonyl (C=O) groups is 1. The highest BCUT2D eigenvalue weighted by Crippen LogP contribution is 2.50. The van der Waals surface area contributed by atoms with Crippen LogP contribution >= 0.6 is 20.2 Å². The number of thioether (sulfide) groups is 1. The zero-order valence-corrected chi connectivity index (χ0v) is 22.5. The van der Waals surface area contributed by atoms with Crippen LogP contribution in [-0.2, 0) is 14.1 Å². The summed E-state index contributed by atoms with van der Waals surface area (Å²) in [7, 11) is 1.19. The van der Waals surface area contributed by atoms with Gasteiger partial charge in [-0.3, -0.25) is 4.79 Å². The number of nitrogens with zero attached hydrogens (tertiary/aromatic N) is 3. The smallest absolute Gasteiger partial charge is 0.192 e. The summed E-state index contributed by atoms with van der Waals surface area (Å²) >= 11 is 1.42. The van der Waals surface area contributed by atoms with E-state index in [2.05, 4.69) is 76.7 Å². The summed E-state index contributed by atoms with van der Waals surface area (Å²) in [6.07, 6.45) is 1.97. The number of piperidine rings is 1. The highest BCUT2D eigenvalue weighted by atomic mass is 32.2. The fraction of sp³-hybridized carbons (Fsp3) is 0.955. The molecule has 0 aromatic heterocycles. The summed E-state index contributed by atoms with van der Waals surface area (Å²) in [4.78, 5) is 14.7. The Balaban J connectivity index is 2.50. The van der Waals surface area contributed by atoms with Crippen molar-refractivity contribution in [1.82, 2.24) is 14.2 Å². The summed E-state index contributed by atoms with van der Waals surface area (Å²) in [5.41, 5.74) is 0. The molecule has 0 bridgehead atoms. The standard InChI is InChI=1S/C22H46N3O3PS/c1-17(2)24(18(3)4)29(25(19(5)6)20(7)8)28-16-27-14-15-30-22(26)21-10-12-23(9)13-11-21/h17-21H,10-16H2,1-9H3. The molecule has 0 amide bonds. The molecule has 1 rings (SSSR count). The van der Waals surface area contributed by atoms with Crippen molar-refractivity contribution in [3.8, 4) is 0 Å². The van der Waals surface area contributed by atoms with Crippen molar-refractivity contribution >= 4 is 25.3 Å². The summed E-state index contributed by atoms with van der Waals surface area (Å²) in [6.45, 7) is 20.7. The molecule has 0 aliphatic carbocycles. The van der Waals surface area contributed by atoms with Crippen LogP contribution in [0.5, 0.6) is 0 Å². The van der Waals surface area contributed by atoms with E-state index in [0.29, 0.717) is 41.6 Å². The Morgan fingerprint density at radius 1 is 0.967 bits per heavy atom. The van der Waals surface area contributed by atoms with E-state index in [-0.39, 0.29) is 12.7 Å². The topological polar surface area (TPSA) is 45.3 Å². The van der Waals surface area contributed by atoms with Crippen LogP contribution in [0.15, 0.2) is 0 Å². The van der Waals surface area contributed by atoms with E-state index in [1.165, 1.54) is 11.8 Å². The third-order valence-corrected chi connectivity index (χ3v) is 9.25. The fourth-order valence-electron chi connectivity index (χ4n) is 3.94. The average molecular weight is 464 g/mol. The number of likely N-dealkylation sites (tertiary alicyclic amines) is 1. The zero-order valence-electron chi connectivity index (χ0n) is 20.8. The van der Waals surface area contributed by atoms with E-state index in [1.807, 2.05) is 0 Å². The molecule has 8 heteroatoms. The molecule has 1 aliphatic heterocycles. The van der Waals surface area contributed by atoms with Gasteiger partial charge in [-0.25, -0.2) is 9.34 Å². The van der Waals surface area contributed by atoms with E-state index >= 15 is 0 Å². The van der Waals surface area contributed by atoms with Crippen LogP contribution in [0.1, 0.15) is 68.2 Å². The molecule has 1 aliphatic rings. The first-order valence-electron chi connectivity index (χ1n) is 11.5. The fourth-order valence-corrected chi connectivity index (χ4v) is 7.07. The van der Waals surface area contributed by atoms with E-state index in [0.717, 1.165) is 25.9 Å². The van der Waals surface area contributed by atoms with E-state index in [9.17, 15) is 4.79 Å². The quantitative estimate of drug-likeness (QED) is 0.215. The lowest BCUT2D eigenvalue weighted by molar-refractivity contribution is -0.115. The molecule has 178 valence electrons. The normalized spacial score (nSPS) is 17.1. The van der Waals surface area contributed by atoms with Crippen molar-refractivity contribution in [3.05, 3.63) is 0 Å². The molecule has 0 saturated carbocycles. The van der Waals surface area contributed by atoms with Gasteiger partial charge >= 0.3 is 0 Å². The maximum Gasteiger partial charge on any atom is 0.192 e. The monoisotopic (exact) mass is 463 g/mol. The molecule has 0 aromatic carbocycles. The predicted molar refractivity (Wildman–Crippen MR) is 131 cm³/mol. The molecule has 0 unspecified atom stereocenters. The first kappa shape index (κ1) is 28.3. The second kappa shape index (κ2) is 14.4. The SMILES string of the molecule is CC(C)N(C(C)C)P(OCOCCSC(=O)C1CCN(C)CC1)N(C(C)C)C(C)C. The Labute approximate surface area is 191 Å². The van der Waals surface area contributed by atoms with E-state index in [4.69, 9.17) is 9.26 Å². The summed E-state index contributed by atoms with van der Waals surface area (Å²) in [5.74, 6) is 0.911. The second-order valence-corrected chi connectivity index (χ2v) is 12.1. The minimum Gasteiger partial charge on any atom is -0.354 e. The van der Waals surface area contributed by atoms with E-state index in [1.54, 1.807) is 0 Å². The Morgan fingerprint density at radius 2 is 1.43 bits per heavy atom. The van der Waals surface area contributed by atoms with Crippen molar-refractivity contribution in [3.63, 3.8) is 0 Å². The molecule has 6 nitrogen and oxygen atoms in total. The molecule has 0 atom stereocenters. The molecule has 0 aromatic rings. The van der Waals surface area contributed by atoms with Gasteiger partial charge in [0.1, 0.15) is 0 Å². The van der Waals surface area contributed by atoms with Gasteiger partial charge in [-0.15, -0.1) is 0 Å². The number of hydrogen-bond donors (Lipinski definition) is 0. The van der Waals surface area contributed by atoms with E-state index < -0.39 is 8.45 Å². The third kappa shape index (κ3) is 9.40. The molecule has 0 radical (unpaired) electrons. The van der Waals surface area contributed by atoms with Crippen molar-refractivity contribution in [2.24, 2.45) is 5.92 Å². The number of rotatable bonds is 13. The van der Waals surface area contributed by atoms with Gasteiger partial charge in [-0.2, -0.15) is 0 Å². The van der Waals surface area contributed by atoms with Crippen LogP contribution in [0, 0.1) is 5.92 Å². The number of hydrogen-bond acceptors (Lipinski definition) is 7. The number of carbonyl (C=O) groups excluding carboxylic acids is 1. The van der Waals surface area contributed by atoms with Gasteiger partial charge in [-0.05, 0) is 88.4 Å². The molecular formula is C22H46N3O3PS. The second-order valence-electron chi connectivity index (χ2n) is 9.29. The van der Waals surface area contributed by atoms with Gasteiger partial charge < -0.3 is 14.2 Å². The number of ether oxygens (including phenoxy) is 1. The Morgan fingerprint density at radius 3 is 1.87 bits per heavy atom. The van der Waals surface area contributed by atoms with Crippen LogP contribution in [0.3, 0.4) is 0 Å². The van der Waals surface area contributed by atoms with Crippen LogP contribution in [0.4, 0.5) is 0 Å². The maximum atomic E-state index is 12.4. The molecule has 30 heavy (non-hydrogen) atoms. The van der Waals surface area contributed by atoms with Gasteiger partial charge in [0.05, 0.1) is 6.61 Å². The van der Waals surface area contributed by atoms with Crippen molar-refractivity contribution in [2.45, 2.75) is 92.4 Å². The minimum atomic E-state index is -0.930. The molecule has 1 fully saturated rings. The van der Waals surface area contributed by atoms with Crippen molar-refractivity contribution in [1.29, 1.82) is 0 Å². The Bertz CT molecular complexity index is 450. The molecule has 1 saturated heterocycles. The molecule has 1 heterocycles. The largest absolute Gasteiger partial charge is 0.354 e. The van der Waals surface area contributed by atoms with Crippen LogP contribution < -0.4 is 0 Å². The van der Waals surface area contributed by atoms with Gasteiger partial charge in [-0.1, -0.05) is 11.8 Å². The lowest BCUT2D eigenvalue weighted by atomic mass is 9.99. The first-order valence-corrected chi connectivity index (χ1v) is 13.6. The highest BCUT2D eigenvalue weighted by molar-refractivity contribution is 8.13. The highest BCUT2D eigenvalue weighted by Gasteiger charge is 2.34. The van der Waals surface area contributed by atoms with Gasteiger partial charge in [0.2, 0.25) is 0 Å². The van der Waals surface area contributed by atoms with Gasteiger partial charge in [0.25, 0.3) is 0 Å². The zero-order chi connectivity index (χ0) is 22.8. The van der Waals surface area contributed by atoms with Gasteiger partial charge in [0, 0.05) is 35.8 Å². The molecular weight excluding hydrogens is 417 g/mol. The first-order chi connectivity index (χ1) is 14.1. The predicted octanol–water partition coefficient (Wildman–Crippen LogP) is 5.04. The summed E-state index contributed by atoms with van der Waals surface area (Å²) in [5, 5.41) is 0.325. The van der Waals surface area contributed by atoms with Crippen LogP contribution in [0.25, 0.3) is 0 Å². The third-order valence-electron chi connectivity index (χ3n) is 5.29. The van der Waals surface area contributed by atoms with Crippen LogP contribution in [0.2, 0.25) is 0 Å². The minimum absolute atomic E-state index is 0.214. The maximum absolute atomic E-state index is 12.4. The molecule has 0 N–H and O–H groups in total.